The van der Waals surface area contributed by atoms with Crippen LogP contribution in [0.15, 0.2) is 6.07 Å². The smallest absolute Gasteiger partial charge is 0.268 e. The van der Waals surface area contributed by atoms with E-state index in [1.807, 2.05) is 6.92 Å². The number of rotatable bonds is 6. The molecular formula is C15H22Cl2N4O2. The molecule has 23 heavy (non-hydrogen) atoms. The van der Waals surface area contributed by atoms with Gasteiger partial charge in [-0.1, -0.05) is 30.1 Å². The van der Waals surface area contributed by atoms with Gasteiger partial charge in [-0.3, -0.25) is 14.5 Å². The van der Waals surface area contributed by atoms with E-state index in [1.54, 1.807) is 0 Å². The molecule has 0 aliphatic carbocycles. The molecule has 1 fully saturated rings. The van der Waals surface area contributed by atoms with Crippen molar-refractivity contribution < 1.29 is 9.59 Å². The Balaban J connectivity index is 1.74. The van der Waals surface area contributed by atoms with E-state index in [-0.39, 0.29) is 23.0 Å². The third-order valence-electron chi connectivity index (χ3n) is 3.83. The molecule has 0 aromatic carbocycles. The molecule has 0 bridgehead atoms. The Kier molecular flexibility index (Phi) is 6.74. The van der Waals surface area contributed by atoms with Gasteiger partial charge in [-0.2, -0.15) is 0 Å². The predicted molar refractivity (Wildman–Crippen MR) is 91.0 cm³/mol. The average molecular weight is 361 g/mol. The first-order chi connectivity index (χ1) is 11.0. The van der Waals surface area contributed by atoms with Crippen LogP contribution in [0.4, 0.5) is 0 Å². The standard InChI is InChI=1S/C15H22Cl2N4O2/c1-2-5-18-13(22)9-21-6-3-10(4-7-21)19-15(23)12-8-11(16)14(17)20-12/h8,10,20H,2-7,9H2,1H3,(H,18,22)(H,19,23). The lowest BCUT2D eigenvalue weighted by Gasteiger charge is -2.31. The van der Waals surface area contributed by atoms with Crippen molar-refractivity contribution in [3.8, 4) is 0 Å². The molecule has 6 nitrogen and oxygen atoms in total. The molecule has 1 aliphatic rings. The Morgan fingerprint density at radius 1 is 1.35 bits per heavy atom. The highest BCUT2D eigenvalue weighted by molar-refractivity contribution is 6.41. The molecule has 3 N–H and O–H groups in total. The summed E-state index contributed by atoms with van der Waals surface area (Å²) in [5, 5.41) is 6.45. The number of hydrogen-bond donors (Lipinski definition) is 3. The number of piperidine rings is 1. The van der Waals surface area contributed by atoms with Crippen molar-refractivity contribution in [2.45, 2.75) is 32.2 Å². The van der Waals surface area contributed by atoms with E-state index in [9.17, 15) is 9.59 Å². The van der Waals surface area contributed by atoms with E-state index in [4.69, 9.17) is 23.2 Å². The van der Waals surface area contributed by atoms with E-state index >= 15 is 0 Å². The lowest BCUT2D eigenvalue weighted by atomic mass is 10.0. The van der Waals surface area contributed by atoms with E-state index in [0.717, 1.165) is 32.4 Å². The normalized spacial score (nSPS) is 16.3. The third kappa shape index (κ3) is 5.41. The summed E-state index contributed by atoms with van der Waals surface area (Å²) in [6, 6.07) is 1.62. The Morgan fingerprint density at radius 2 is 2.04 bits per heavy atom. The fourth-order valence-electron chi connectivity index (χ4n) is 2.55. The maximum absolute atomic E-state index is 12.1. The summed E-state index contributed by atoms with van der Waals surface area (Å²) in [7, 11) is 0. The van der Waals surface area contributed by atoms with Crippen LogP contribution in [0.3, 0.4) is 0 Å². The van der Waals surface area contributed by atoms with Crippen LogP contribution in [-0.2, 0) is 4.79 Å². The minimum Gasteiger partial charge on any atom is -0.355 e. The molecule has 0 radical (unpaired) electrons. The van der Waals surface area contributed by atoms with Crippen LogP contribution in [0.5, 0.6) is 0 Å². The Labute approximate surface area is 145 Å². The summed E-state index contributed by atoms with van der Waals surface area (Å²) in [5.41, 5.74) is 0.362. The lowest BCUT2D eigenvalue weighted by Crippen LogP contribution is -2.47. The van der Waals surface area contributed by atoms with E-state index in [1.165, 1.54) is 6.07 Å². The zero-order chi connectivity index (χ0) is 16.8. The second-order valence-electron chi connectivity index (χ2n) is 5.72. The molecule has 8 heteroatoms. The number of H-pyrrole nitrogens is 1. The first-order valence-electron chi connectivity index (χ1n) is 7.83. The summed E-state index contributed by atoms with van der Waals surface area (Å²) in [6.07, 6.45) is 2.57. The van der Waals surface area contributed by atoms with Crippen LogP contribution < -0.4 is 10.6 Å². The number of aromatic nitrogens is 1. The minimum absolute atomic E-state index is 0.0602. The monoisotopic (exact) mass is 360 g/mol. The number of amides is 2. The number of hydrogen-bond acceptors (Lipinski definition) is 3. The maximum atomic E-state index is 12.1. The highest BCUT2D eigenvalue weighted by atomic mass is 35.5. The number of carbonyl (C=O) groups is 2. The van der Waals surface area contributed by atoms with Gasteiger partial charge in [0.05, 0.1) is 11.6 Å². The Bertz CT molecular complexity index is 534. The van der Waals surface area contributed by atoms with Gasteiger partial charge in [0.25, 0.3) is 5.91 Å². The van der Waals surface area contributed by atoms with Crippen molar-refractivity contribution in [3.63, 3.8) is 0 Å². The first-order valence-corrected chi connectivity index (χ1v) is 8.59. The summed E-state index contributed by atoms with van der Waals surface area (Å²) in [4.78, 5) is 28.7. The topological polar surface area (TPSA) is 77.2 Å². The molecule has 1 aromatic rings. The number of nitrogens with one attached hydrogen (secondary N) is 3. The molecule has 1 aromatic heterocycles. The number of aromatic amines is 1. The van der Waals surface area contributed by atoms with Crippen LogP contribution in [-0.4, -0.2) is 53.9 Å². The molecule has 0 saturated carbocycles. The quantitative estimate of drug-likeness (QED) is 0.726. The molecule has 2 amide bonds. The summed E-state index contributed by atoms with van der Waals surface area (Å²) < 4.78 is 0. The van der Waals surface area contributed by atoms with Gasteiger partial charge in [0, 0.05) is 25.7 Å². The van der Waals surface area contributed by atoms with Crippen LogP contribution in [0, 0.1) is 0 Å². The zero-order valence-electron chi connectivity index (χ0n) is 13.1. The van der Waals surface area contributed by atoms with Crippen molar-refractivity contribution in [2.24, 2.45) is 0 Å². The molecule has 128 valence electrons. The minimum atomic E-state index is -0.210. The van der Waals surface area contributed by atoms with Crippen LogP contribution in [0.25, 0.3) is 0 Å². The lowest BCUT2D eigenvalue weighted by molar-refractivity contribution is -0.122. The van der Waals surface area contributed by atoms with Crippen LogP contribution in [0.2, 0.25) is 10.2 Å². The highest BCUT2D eigenvalue weighted by Crippen LogP contribution is 2.22. The summed E-state index contributed by atoms with van der Waals surface area (Å²) in [6.45, 7) is 4.74. The van der Waals surface area contributed by atoms with Gasteiger partial charge in [-0.15, -0.1) is 0 Å². The maximum Gasteiger partial charge on any atom is 0.268 e. The molecule has 2 rings (SSSR count). The van der Waals surface area contributed by atoms with Crippen molar-refractivity contribution in [3.05, 3.63) is 21.9 Å². The van der Waals surface area contributed by atoms with E-state index in [0.29, 0.717) is 23.8 Å². The number of likely N-dealkylation sites (tertiary alicyclic amines) is 1. The molecular weight excluding hydrogens is 339 g/mol. The molecule has 0 unspecified atom stereocenters. The first kappa shape index (κ1) is 18.1. The number of nitrogens with zero attached hydrogens (tertiary/aromatic N) is 1. The van der Waals surface area contributed by atoms with E-state index < -0.39 is 0 Å². The van der Waals surface area contributed by atoms with Crippen LogP contribution in [0.1, 0.15) is 36.7 Å². The molecule has 2 heterocycles. The fraction of sp³-hybridized carbons (Fsp3) is 0.600. The largest absolute Gasteiger partial charge is 0.355 e. The average Bonchev–Trinajstić information content (AvgIpc) is 2.87. The van der Waals surface area contributed by atoms with Crippen molar-refractivity contribution in [1.82, 2.24) is 20.5 Å². The van der Waals surface area contributed by atoms with Crippen LogP contribution >= 0.6 is 23.2 Å². The fourth-order valence-corrected chi connectivity index (χ4v) is 2.86. The van der Waals surface area contributed by atoms with Crippen molar-refractivity contribution >= 4 is 35.0 Å². The summed E-state index contributed by atoms with van der Waals surface area (Å²) in [5.74, 6) is -0.150. The van der Waals surface area contributed by atoms with E-state index in [2.05, 4.69) is 20.5 Å². The van der Waals surface area contributed by atoms with Gasteiger partial charge >= 0.3 is 0 Å². The van der Waals surface area contributed by atoms with Gasteiger partial charge < -0.3 is 15.6 Å². The third-order valence-corrected chi connectivity index (χ3v) is 4.52. The molecule has 1 aliphatic heterocycles. The SMILES string of the molecule is CCCNC(=O)CN1CCC(NC(=O)c2cc(Cl)c(Cl)[nH]2)CC1. The van der Waals surface area contributed by atoms with Gasteiger partial charge in [-0.05, 0) is 25.3 Å². The Hall–Kier alpha value is -1.24. The molecule has 1 saturated heterocycles. The second-order valence-corrected chi connectivity index (χ2v) is 6.50. The number of carbonyl (C=O) groups excluding carboxylic acids is 2. The van der Waals surface area contributed by atoms with Crippen molar-refractivity contribution in [2.75, 3.05) is 26.2 Å². The zero-order valence-corrected chi connectivity index (χ0v) is 14.6. The molecule has 0 atom stereocenters. The molecule has 0 spiro atoms. The van der Waals surface area contributed by atoms with Gasteiger partial charge in [-0.25, -0.2) is 0 Å². The number of halogens is 2. The van der Waals surface area contributed by atoms with Gasteiger partial charge in [0.2, 0.25) is 5.91 Å². The van der Waals surface area contributed by atoms with Crippen molar-refractivity contribution in [1.29, 1.82) is 0 Å². The summed E-state index contributed by atoms with van der Waals surface area (Å²) >= 11 is 11.6. The highest BCUT2D eigenvalue weighted by Gasteiger charge is 2.23. The van der Waals surface area contributed by atoms with Gasteiger partial charge in [0.1, 0.15) is 10.8 Å². The second kappa shape index (κ2) is 8.57. The Morgan fingerprint density at radius 3 is 2.61 bits per heavy atom. The predicted octanol–water partition coefficient (Wildman–Crippen LogP) is 2.04. The van der Waals surface area contributed by atoms with Gasteiger partial charge in [0.15, 0.2) is 0 Å².